The lowest BCUT2D eigenvalue weighted by molar-refractivity contribution is 0.0664. The van der Waals surface area contributed by atoms with E-state index in [1.165, 1.54) is 0 Å². The van der Waals surface area contributed by atoms with Gasteiger partial charge in [-0.2, -0.15) is 0 Å². The summed E-state index contributed by atoms with van der Waals surface area (Å²) >= 11 is 3.44. The van der Waals surface area contributed by atoms with Crippen LogP contribution in [-0.2, 0) is 0 Å². The van der Waals surface area contributed by atoms with Gasteiger partial charge in [-0.3, -0.25) is 4.79 Å². The van der Waals surface area contributed by atoms with E-state index in [9.17, 15) is 4.79 Å². The maximum Gasteiger partial charge on any atom is 0.292 e. The van der Waals surface area contributed by atoms with Crippen molar-refractivity contribution < 1.29 is 13.8 Å². The lowest BCUT2D eigenvalue weighted by atomic mass is 9.94. The Bertz CT molecular complexity index is 926. The number of benzene rings is 1. The highest BCUT2D eigenvalue weighted by Crippen LogP contribution is 2.29. The van der Waals surface area contributed by atoms with E-state index in [1.54, 1.807) is 6.07 Å². The number of carbonyl (C=O) groups is 1. The number of hydrogen-bond donors (Lipinski definition) is 0. The maximum atomic E-state index is 12.7. The van der Waals surface area contributed by atoms with Crippen molar-refractivity contribution in [2.75, 3.05) is 13.1 Å². The Balaban J connectivity index is 1.43. The number of carbonyl (C=O) groups excluding carboxylic acids is 1. The van der Waals surface area contributed by atoms with Crippen LogP contribution in [-0.4, -0.2) is 34.2 Å². The predicted octanol–water partition coefficient (Wildman–Crippen LogP) is 4.42. The molecule has 134 valence electrons. The van der Waals surface area contributed by atoms with Crippen LogP contribution in [0.3, 0.4) is 0 Å². The smallest absolute Gasteiger partial charge is 0.292 e. The molecule has 7 heteroatoms. The van der Waals surface area contributed by atoms with Crippen LogP contribution in [0.15, 0.2) is 49.9 Å². The standard InChI is InChI=1S/C19H18BrN3O3/c1-12-9-17(25-21-12)13-5-7-23(8-6-13)19(24)18-11-16(22-26-18)14-3-2-4-15(20)10-14/h2-4,9-11,13H,5-8H2,1H3. The molecule has 1 aliphatic heterocycles. The summed E-state index contributed by atoms with van der Waals surface area (Å²) in [7, 11) is 0. The Labute approximate surface area is 159 Å². The van der Waals surface area contributed by atoms with Gasteiger partial charge in [0, 0.05) is 41.2 Å². The summed E-state index contributed by atoms with van der Waals surface area (Å²) in [6, 6.07) is 11.4. The fraction of sp³-hybridized carbons (Fsp3) is 0.316. The molecular weight excluding hydrogens is 398 g/mol. The number of halogens is 1. The first-order valence-electron chi connectivity index (χ1n) is 8.55. The summed E-state index contributed by atoms with van der Waals surface area (Å²) in [5, 5.41) is 7.99. The Morgan fingerprint density at radius 2 is 1.96 bits per heavy atom. The minimum atomic E-state index is -0.119. The van der Waals surface area contributed by atoms with E-state index in [2.05, 4.69) is 26.2 Å². The molecule has 0 atom stereocenters. The molecule has 1 amide bonds. The topological polar surface area (TPSA) is 72.4 Å². The molecule has 1 aliphatic rings. The van der Waals surface area contributed by atoms with Gasteiger partial charge in [0.05, 0.1) is 5.69 Å². The van der Waals surface area contributed by atoms with Gasteiger partial charge in [0.15, 0.2) is 0 Å². The average Bonchev–Trinajstić information content (AvgIpc) is 3.31. The van der Waals surface area contributed by atoms with Crippen LogP contribution in [0.2, 0.25) is 0 Å². The van der Waals surface area contributed by atoms with E-state index in [4.69, 9.17) is 9.05 Å². The van der Waals surface area contributed by atoms with Gasteiger partial charge in [-0.05, 0) is 31.9 Å². The molecule has 3 heterocycles. The third kappa shape index (κ3) is 3.44. The molecular formula is C19H18BrN3O3. The third-order valence-electron chi connectivity index (χ3n) is 4.67. The summed E-state index contributed by atoms with van der Waals surface area (Å²) in [5.74, 6) is 1.37. The average molecular weight is 416 g/mol. The summed E-state index contributed by atoms with van der Waals surface area (Å²) in [6.45, 7) is 3.24. The molecule has 1 aromatic carbocycles. The molecule has 1 fully saturated rings. The van der Waals surface area contributed by atoms with Gasteiger partial charge in [-0.25, -0.2) is 0 Å². The molecule has 0 aliphatic carbocycles. The molecule has 2 aromatic heterocycles. The minimum Gasteiger partial charge on any atom is -0.361 e. The highest BCUT2D eigenvalue weighted by Gasteiger charge is 2.28. The van der Waals surface area contributed by atoms with Gasteiger partial charge in [0.1, 0.15) is 11.5 Å². The van der Waals surface area contributed by atoms with Gasteiger partial charge < -0.3 is 13.9 Å². The molecule has 0 bridgehead atoms. The summed E-state index contributed by atoms with van der Waals surface area (Å²) < 4.78 is 11.6. The number of rotatable bonds is 3. The molecule has 0 N–H and O–H groups in total. The first kappa shape index (κ1) is 17.0. The van der Waals surface area contributed by atoms with Gasteiger partial charge in [-0.1, -0.05) is 38.4 Å². The Hall–Kier alpha value is -2.41. The summed E-state index contributed by atoms with van der Waals surface area (Å²) in [6.07, 6.45) is 1.71. The van der Waals surface area contributed by atoms with Gasteiger partial charge >= 0.3 is 0 Å². The molecule has 0 unspecified atom stereocenters. The van der Waals surface area contributed by atoms with Crippen molar-refractivity contribution in [3.05, 3.63) is 58.1 Å². The fourth-order valence-electron chi connectivity index (χ4n) is 3.26. The van der Waals surface area contributed by atoms with Crippen LogP contribution in [0.4, 0.5) is 0 Å². The second-order valence-electron chi connectivity index (χ2n) is 6.52. The van der Waals surface area contributed by atoms with Crippen molar-refractivity contribution in [2.45, 2.75) is 25.7 Å². The van der Waals surface area contributed by atoms with Crippen molar-refractivity contribution in [3.63, 3.8) is 0 Å². The zero-order chi connectivity index (χ0) is 18.1. The zero-order valence-electron chi connectivity index (χ0n) is 14.3. The van der Waals surface area contributed by atoms with Crippen LogP contribution in [0.5, 0.6) is 0 Å². The van der Waals surface area contributed by atoms with Crippen molar-refractivity contribution in [3.8, 4) is 11.3 Å². The van der Waals surface area contributed by atoms with Gasteiger partial charge in [0.25, 0.3) is 5.91 Å². The lowest BCUT2D eigenvalue weighted by Crippen LogP contribution is -2.37. The second-order valence-corrected chi connectivity index (χ2v) is 7.44. The zero-order valence-corrected chi connectivity index (χ0v) is 15.9. The Morgan fingerprint density at radius 3 is 2.65 bits per heavy atom. The van der Waals surface area contributed by atoms with Crippen molar-refractivity contribution in [2.24, 2.45) is 0 Å². The predicted molar refractivity (Wildman–Crippen MR) is 98.8 cm³/mol. The SMILES string of the molecule is Cc1cc(C2CCN(C(=O)c3cc(-c4cccc(Br)c4)no3)CC2)on1. The number of amides is 1. The van der Waals surface area contributed by atoms with E-state index in [0.717, 1.165) is 34.3 Å². The number of aryl methyl sites for hydroxylation is 1. The number of piperidine rings is 1. The van der Waals surface area contributed by atoms with Crippen molar-refractivity contribution >= 4 is 21.8 Å². The van der Waals surface area contributed by atoms with Crippen molar-refractivity contribution in [1.82, 2.24) is 15.2 Å². The number of likely N-dealkylation sites (tertiary alicyclic amines) is 1. The third-order valence-corrected chi connectivity index (χ3v) is 5.17. The quantitative estimate of drug-likeness (QED) is 0.632. The van der Waals surface area contributed by atoms with Gasteiger partial charge in [0.2, 0.25) is 5.76 Å². The van der Waals surface area contributed by atoms with E-state index in [0.29, 0.717) is 24.7 Å². The van der Waals surface area contributed by atoms with E-state index in [1.807, 2.05) is 42.2 Å². The first-order valence-corrected chi connectivity index (χ1v) is 9.34. The molecule has 0 spiro atoms. The number of hydrogen-bond acceptors (Lipinski definition) is 5. The Morgan fingerprint density at radius 1 is 1.15 bits per heavy atom. The molecule has 6 nitrogen and oxygen atoms in total. The lowest BCUT2D eigenvalue weighted by Gasteiger charge is -2.30. The summed E-state index contributed by atoms with van der Waals surface area (Å²) in [5.41, 5.74) is 2.45. The van der Waals surface area contributed by atoms with Crippen LogP contribution < -0.4 is 0 Å². The van der Waals surface area contributed by atoms with Gasteiger partial charge in [-0.15, -0.1) is 0 Å². The molecule has 0 radical (unpaired) electrons. The Kier molecular flexibility index (Phi) is 4.63. The molecule has 4 rings (SSSR count). The molecule has 26 heavy (non-hydrogen) atoms. The monoisotopic (exact) mass is 415 g/mol. The molecule has 1 saturated heterocycles. The number of aromatic nitrogens is 2. The van der Waals surface area contributed by atoms with Crippen LogP contribution in [0.25, 0.3) is 11.3 Å². The molecule has 3 aromatic rings. The van der Waals surface area contributed by atoms with Crippen LogP contribution in [0, 0.1) is 6.92 Å². The molecule has 0 saturated carbocycles. The van der Waals surface area contributed by atoms with E-state index in [-0.39, 0.29) is 11.7 Å². The number of nitrogens with zero attached hydrogens (tertiary/aromatic N) is 3. The largest absolute Gasteiger partial charge is 0.361 e. The van der Waals surface area contributed by atoms with E-state index < -0.39 is 0 Å². The van der Waals surface area contributed by atoms with E-state index >= 15 is 0 Å². The first-order chi connectivity index (χ1) is 12.6. The normalized spacial score (nSPS) is 15.4. The summed E-state index contributed by atoms with van der Waals surface area (Å²) in [4.78, 5) is 14.5. The van der Waals surface area contributed by atoms with Crippen LogP contribution in [0.1, 0.15) is 40.8 Å². The fourth-order valence-corrected chi connectivity index (χ4v) is 3.66. The van der Waals surface area contributed by atoms with Crippen molar-refractivity contribution in [1.29, 1.82) is 0 Å². The van der Waals surface area contributed by atoms with Crippen LogP contribution >= 0.6 is 15.9 Å². The minimum absolute atomic E-state index is 0.119. The highest BCUT2D eigenvalue weighted by atomic mass is 79.9. The highest BCUT2D eigenvalue weighted by molar-refractivity contribution is 9.10. The second kappa shape index (κ2) is 7.07. The maximum absolute atomic E-state index is 12.7.